The zero-order valence-electron chi connectivity index (χ0n) is 7.62. The zero-order chi connectivity index (χ0) is 9.31. The van der Waals surface area contributed by atoms with Gasteiger partial charge < -0.3 is 9.53 Å². The molecule has 0 spiro atoms. The quantitative estimate of drug-likeness (QED) is 0.608. The van der Waals surface area contributed by atoms with Gasteiger partial charge in [-0.15, -0.1) is 0 Å². The van der Waals surface area contributed by atoms with Crippen LogP contribution >= 0.6 is 0 Å². The third-order valence-corrected chi connectivity index (χ3v) is 2.55. The minimum absolute atomic E-state index is 0.450. The van der Waals surface area contributed by atoms with Gasteiger partial charge in [0.25, 0.3) is 0 Å². The minimum atomic E-state index is -0.450. The highest BCUT2D eigenvalue weighted by Gasteiger charge is 2.31. The summed E-state index contributed by atoms with van der Waals surface area (Å²) in [6.07, 6.45) is 0.977. The molecule has 0 aliphatic carbocycles. The normalized spacial score (nSPS) is 26.5. The first-order valence-electron chi connectivity index (χ1n) is 4.39. The monoisotopic (exact) mass is 176 g/mol. The number of fused-ring (bicyclic) bond motifs is 1. The molecule has 0 fully saturated rings. The van der Waals surface area contributed by atoms with Gasteiger partial charge in [-0.2, -0.15) is 0 Å². The molecule has 1 aromatic rings. The molecule has 1 aliphatic rings. The van der Waals surface area contributed by atoms with E-state index in [1.165, 1.54) is 0 Å². The fraction of sp³-hybridized carbons (Fsp3) is 0.364. The summed E-state index contributed by atoms with van der Waals surface area (Å²) in [5.41, 5.74) is 1.79. The summed E-state index contributed by atoms with van der Waals surface area (Å²) in [5.74, 6) is 0. The van der Waals surface area contributed by atoms with Gasteiger partial charge in [0.2, 0.25) is 0 Å². The Balaban J connectivity index is 2.54. The molecule has 0 aromatic heterocycles. The van der Waals surface area contributed by atoms with Gasteiger partial charge in [-0.1, -0.05) is 24.3 Å². The third-order valence-electron chi connectivity index (χ3n) is 2.55. The lowest BCUT2D eigenvalue weighted by Crippen LogP contribution is -2.34. The van der Waals surface area contributed by atoms with Crippen LogP contribution in [0.2, 0.25) is 0 Å². The second-order valence-corrected chi connectivity index (χ2v) is 3.69. The highest BCUT2D eigenvalue weighted by atomic mass is 16.5. The molecule has 0 N–H and O–H groups in total. The van der Waals surface area contributed by atoms with Crippen LogP contribution in [0.4, 0.5) is 0 Å². The molecule has 1 heterocycles. The van der Waals surface area contributed by atoms with Crippen LogP contribution in [0.15, 0.2) is 24.3 Å². The number of hydrogen-bond acceptors (Lipinski definition) is 2. The molecular weight excluding hydrogens is 164 g/mol. The first-order chi connectivity index (χ1) is 6.26. The fourth-order valence-electron chi connectivity index (χ4n) is 1.75. The number of benzene rings is 1. The molecule has 1 atom stereocenters. The van der Waals surface area contributed by atoms with Crippen molar-refractivity contribution in [1.82, 2.24) is 0 Å². The van der Waals surface area contributed by atoms with E-state index < -0.39 is 5.41 Å². The first kappa shape index (κ1) is 8.45. The molecule has 2 rings (SSSR count). The van der Waals surface area contributed by atoms with E-state index >= 15 is 0 Å². The van der Waals surface area contributed by atoms with Crippen molar-refractivity contribution in [2.45, 2.75) is 18.9 Å². The number of carbonyl (C=O) groups excluding carboxylic acids is 1. The summed E-state index contributed by atoms with van der Waals surface area (Å²) in [5, 5.41) is 0. The van der Waals surface area contributed by atoms with Crippen molar-refractivity contribution in [2.24, 2.45) is 0 Å². The lowest BCUT2D eigenvalue weighted by molar-refractivity contribution is -0.115. The molecule has 2 nitrogen and oxygen atoms in total. The molecule has 1 unspecified atom stereocenters. The molecule has 0 radical (unpaired) electrons. The van der Waals surface area contributed by atoms with Crippen molar-refractivity contribution in [1.29, 1.82) is 0 Å². The Labute approximate surface area is 77.5 Å². The number of rotatable bonds is 1. The standard InChI is InChI=1S/C11H12O2/c1-11(7-12)8-13-6-9-4-2-3-5-10(9)11/h2-5,7H,6,8H2,1H3. The number of carbonyl (C=O) groups is 1. The lowest BCUT2D eigenvalue weighted by Gasteiger charge is -2.30. The summed E-state index contributed by atoms with van der Waals surface area (Å²) in [7, 11) is 0. The van der Waals surface area contributed by atoms with Crippen LogP contribution in [-0.4, -0.2) is 12.9 Å². The molecule has 1 aliphatic heterocycles. The highest BCUT2D eigenvalue weighted by Crippen LogP contribution is 2.30. The predicted octanol–water partition coefficient (Wildman–Crippen LogP) is 1.67. The van der Waals surface area contributed by atoms with Crippen LogP contribution in [-0.2, 0) is 21.6 Å². The van der Waals surface area contributed by atoms with Crippen molar-refractivity contribution in [3.8, 4) is 0 Å². The van der Waals surface area contributed by atoms with Gasteiger partial charge in [0.1, 0.15) is 6.29 Å². The first-order valence-corrected chi connectivity index (χ1v) is 4.39. The number of hydrogen-bond donors (Lipinski definition) is 0. The number of ether oxygens (including phenoxy) is 1. The zero-order valence-corrected chi connectivity index (χ0v) is 7.62. The smallest absolute Gasteiger partial charge is 0.132 e. The summed E-state index contributed by atoms with van der Waals surface area (Å²) in [4.78, 5) is 11.0. The summed E-state index contributed by atoms with van der Waals surface area (Å²) in [6, 6.07) is 7.95. The summed E-state index contributed by atoms with van der Waals surface area (Å²) in [6.45, 7) is 3.03. The van der Waals surface area contributed by atoms with Crippen LogP contribution in [0.5, 0.6) is 0 Å². The average molecular weight is 176 g/mol. The SMILES string of the molecule is CC1(C=O)COCc2ccccc21. The Morgan fingerprint density at radius 1 is 1.46 bits per heavy atom. The molecule has 68 valence electrons. The summed E-state index contributed by atoms with van der Waals surface area (Å²) >= 11 is 0. The number of aldehydes is 1. The van der Waals surface area contributed by atoms with E-state index in [4.69, 9.17) is 4.74 Å². The van der Waals surface area contributed by atoms with E-state index in [9.17, 15) is 4.79 Å². The van der Waals surface area contributed by atoms with Crippen LogP contribution < -0.4 is 0 Å². The van der Waals surface area contributed by atoms with Gasteiger partial charge in [0.15, 0.2) is 0 Å². The Kier molecular flexibility index (Phi) is 1.93. The maximum absolute atomic E-state index is 11.0. The Hall–Kier alpha value is -1.15. The lowest BCUT2D eigenvalue weighted by atomic mass is 9.80. The van der Waals surface area contributed by atoms with Gasteiger partial charge in [-0.3, -0.25) is 0 Å². The molecule has 1 aromatic carbocycles. The Bertz CT molecular complexity index is 333. The average Bonchev–Trinajstić information content (AvgIpc) is 2.19. The van der Waals surface area contributed by atoms with Crippen LogP contribution in [0.25, 0.3) is 0 Å². The van der Waals surface area contributed by atoms with E-state index in [1.54, 1.807) is 0 Å². The van der Waals surface area contributed by atoms with Gasteiger partial charge >= 0.3 is 0 Å². The maximum atomic E-state index is 11.0. The fourth-order valence-corrected chi connectivity index (χ4v) is 1.75. The molecule has 0 bridgehead atoms. The molecule has 2 heteroatoms. The van der Waals surface area contributed by atoms with Crippen molar-refractivity contribution < 1.29 is 9.53 Å². The van der Waals surface area contributed by atoms with Gasteiger partial charge in [-0.25, -0.2) is 0 Å². The molecule has 13 heavy (non-hydrogen) atoms. The topological polar surface area (TPSA) is 26.3 Å². The molecule has 0 saturated heterocycles. The van der Waals surface area contributed by atoms with Crippen LogP contribution in [0.3, 0.4) is 0 Å². The van der Waals surface area contributed by atoms with Crippen molar-refractivity contribution >= 4 is 6.29 Å². The second kappa shape index (κ2) is 2.96. The minimum Gasteiger partial charge on any atom is -0.375 e. The van der Waals surface area contributed by atoms with E-state index in [-0.39, 0.29) is 0 Å². The van der Waals surface area contributed by atoms with Crippen LogP contribution in [0, 0.1) is 0 Å². The van der Waals surface area contributed by atoms with E-state index in [1.807, 2.05) is 31.2 Å². The van der Waals surface area contributed by atoms with E-state index in [0.717, 1.165) is 17.4 Å². The third kappa shape index (κ3) is 1.27. The van der Waals surface area contributed by atoms with Crippen molar-refractivity contribution in [3.63, 3.8) is 0 Å². The Morgan fingerprint density at radius 3 is 3.00 bits per heavy atom. The van der Waals surface area contributed by atoms with E-state index in [2.05, 4.69) is 0 Å². The van der Waals surface area contributed by atoms with Gasteiger partial charge in [0, 0.05) is 0 Å². The summed E-state index contributed by atoms with van der Waals surface area (Å²) < 4.78 is 5.37. The van der Waals surface area contributed by atoms with Gasteiger partial charge in [-0.05, 0) is 18.1 Å². The predicted molar refractivity (Wildman–Crippen MR) is 49.5 cm³/mol. The Morgan fingerprint density at radius 2 is 2.23 bits per heavy atom. The molecule has 0 amide bonds. The van der Waals surface area contributed by atoms with E-state index in [0.29, 0.717) is 13.2 Å². The highest BCUT2D eigenvalue weighted by molar-refractivity contribution is 5.69. The van der Waals surface area contributed by atoms with Crippen molar-refractivity contribution in [2.75, 3.05) is 6.61 Å². The molecule has 0 saturated carbocycles. The van der Waals surface area contributed by atoms with Crippen LogP contribution in [0.1, 0.15) is 18.1 Å². The second-order valence-electron chi connectivity index (χ2n) is 3.69. The maximum Gasteiger partial charge on any atom is 0.132 e. The van der Waals surface area contributed by atoms with Crippen molar-refractivity contribution in [3.05, 3.63) is 35.4 Å². The molecular formula is C11H12O2. The van der Waals surface area contributed by atoms with Gasteiger partial charge in [0.05, 0.1) is 18.6 Å². The largest absolute Gasteiger partial charge is 0.375 e.